The van der Waals surface area contributed by atoms with E-state index in [1.54, 1.807) is 13.0 Å². The first-order chi connectivity index (χ1) is 7.46. The highest BCUT2D eigenvalue weighted by atomic mass is 32.2. The Morgan fingerprint density at radius 1 is 1.56 bits per heavy atom. The van der Waals surface area contributed by atoms with E-state index in [2.05, 4.69) is 0 Å². The molecule has 6 heteroatoms. The second-order valence-electron chi connectivity index (χ2n) is 3.45. The van der Waals surface area contributed by atoms with Gasteiger partial charge in [0.2, 0.25) is 0 Å². The molecule has 1 heterocycles. The maximum atomic E-state index is 11.6. The average molecular weight is 261 g/mol. The Labute approximate surface area is 99.4 Å². The molecule has 0 aliphatic heterocycles. The van der Waals surface area contributed by atoms with Crippen LogP contribution in [0.3, 0.4) is 0 Å². The zero-order valence-electron chi connectivity index (χ0n) is 9.05. The molecule has 0 bridgehead atoms. The second kappa shape index (κ2) is 5.56. The fraction of sp³-hybridized carbons (Fsp3) is 0.500. The van der Waals surface area contributed by atoms with E-state index in [1.807, 2.05) is 11.4 Å². The van der Waals surface area contributed by atoms with E-state index in [9.17, 15) is 13.2 Å². The first-order valence-corrected chi connectivity index (χ1v) is 7.68. The van der Waals surface area contributed by atoms with Gasteiger partial charge < -0.3 is 5.73 Å². The summed E-state index contributed by atoms with van der Waals surface area (Å²) < 4.78 is 22.4. The summed E-state index contributed by atoms with van der Waals surface area (Å²) in [5, 5.41) is 1.84. The number of ketones is 1. The largest absolute Gasteiger partial charge is 0.317 e. The van der Waals surface area contributed by atoms with Gasteiger partial charge in [-0.05, 0) is 11.4 Å². The van der Waals surface area contributed by atoms with Gasteiger partial charge in [-0.1, -0.05) is 13.0 Å². The van der Waals surface area contributed by atoms with E-state index in [0.717, 1.165) is 4.88 Å². The minimum Gasteiger partial charge on any atom is -0.317 e. The maximum Gasteiger partial charge on any atom is 0.155 e. The third-order valence-electron chi connectivity index (χ3n) is 2.30. The van der Waals surface area contributed by atoms with Gasteiger partial charge in [-0.25, -0.2) is 8.42 Å². The molecule has 4 nitrogen and oxygen atoms in total. The van der Waals surface area contributed by atoms with E-state index in [-0.39, 0.29) is 23.7 Å². The Hall–Kier alpha value is -0.720. The van der Waals surface area contributed by atoms with Gasteiger partial charge in [-0.3, -0.25) is 4.79 Å². The molecule has 0 amide bonds. The van der Waals surface area contributed by atoms with Crippen molar-refractivity contribution in [2.75, 3.05) is 11.5 Å². The summed E-state index contributed by atoms with van der Waals surface area (Å²) in [6.45, 7) is 1.57. The van der Waals surface area contributed by atoms with E-state index in [1.165, 1.54) is 11.3 Å². The summed E-state index contributed by atoms with van der Waals surface area (Å²) in [6, 6.07) is 2.91. The summed E-state index contributed by atoms with van der Waals surface area (Å²) >= 11 is 1.40. The molecule has 16 heavy (non-hydrogen) atoms. The molecule has 0 aliphatic rings. The number of carbonyl (C=O) groups excluding carboxylic acids is 1. The first-order valence-electron chi connectivity index (χ1n) is 4.98. The van der Waals surface area contributed by atoms with Crippen LogP contribution in [-0.2, 0) is 14.6 Å². The lowest BCUT2D eigenvalue weighted by molar-refractivity contribution is -0.119. The Kier molecular flexibility index (Phi) is 4.64. The van der Waals surface area contributed by atoms with Crippen LogP contribution in [0.2, 0.25) is 0 Å². The summed E-state index contributed by atoms with van der Waals surface area (Å²) in [5.41, 5.74) is 5.72. The molecule has 1 rings (SSSR count). The maximum absolute atomic E-state index is 11.6. The molecule has 0 saturated heterocycles. The lowest BCUT2D eigenvalue weighted by Gasteiger charge is -2.08. The molecule has 0 radical (unpaired) electrons. The van der Waals surface area contributed by atoms with Crippen LogP contribution < -0.4 is 5.73 Å². The van der Waals surface area contributed by atoms with Gasteiger partial charge in [0.25, 0.3) is 0 Å². The first kappa shape index (κ1) is 13.3. The van der Waals surface area contributed by atoms with Crippen LogP contribution >= 0.6 is 11.3 Å². The van der Waals surface area contributed by atoms with Gasteiger partial charge >= 0.3 is 0 Å². The minimum absolute atomic E-state index is 0.00472. The highest BCUT2D eigenvalue weighted by Crippen LogP contribution is 2.18. The van der Waals surface area contributed by atoms with Crippen LogP contribution in [0, 0.1) is 0 Å². The van der Waals surface area contributed by atoms with Crippen molar-refractivity contribution in [3.05, 3.63) is 22.4 Å². The number of hydrogen-bond donors (Lipinski definition) is 1. The zero-order chi connectivity index (χ0) is 12.2. The predicted octanol–water partition coefficient (Wildman–Crippen LogP) is 1.14. The van der Waals surface area contributed by atoms with Crippen molar-refractivity contribution in [1.29, 1.82) is 0 Å². The molecule has 1 aromatic heterocycles. The van der Waals surface area contributed by atoms with Crippen LogP contribution in [0.1, 0.15) is 24.3 Å². The van der Waals surface area contributed by atoms with Gasteiger partial charge in [-0.15, -0.1) is 11.3 Å². The zero-order valence-corrected chi connectivity index (χ0v) is 10.7. The van der Waals surface area contributed by atoms with Crippen LogP contribution in [0.5, 0.6) is 0 Å². The lowest BCUT2D eigenvalue weighted by Crippen LogP contribution is -2.23. The van der Waals surface area contributed by atoms with E-state index < -0.39 is 15.9 Å². The Bertz CT molecular complexity index is 437. The molecule has 0 aromatic carbocycles. The van der Waals surface area contributed by atoms with Crippen LogP contribution in [0.25, 0.3) is 0 Å². The van der Waals surface area contributed by atoms with Gasteiger partial charge in [0.1, 0.15) is 9.84 Å². The Morgan fingerprint density at radius 2 is 2.25 bits per heavy atom. The van der Waals surface area contributed by atoms with Crippen molar-refractivity contribution in [3.8, 4) is 0 Å². The topological polar surface area (TPSA) is 77.2 Å². The normalized spacial score (nSPS) is 13.6. The monoisotopic (exact) mass is 261 g/mol. The SMILES string of the molecule is CCS(=O)(=O)CCC(=O)C(N)c1cccs1. The Balaban J connectivity index is 2.54. The van der Waals surface area contributed by atoms with Crippen molar-refractivity contribution in [3.63, 3.8) is 0 Å². The third kappa shape index (κ3) is 3.70. The van der Waals surface area contributed by atoms with Crippen molar-refractivity contribution in [2.24, 2.45) is 5.73 Å². The fourth-order valence-electron chi connectivity index (χ4n) is 1.18. The van der Waals surface area contributed by atoms with E-state index in [4.69, 9.17) is 5.73 Å². The summed E-state index contributed by atoms with van der Waals surface area (Å²) in [5.74, 6) is -0.268. The van der Waals surface area contributed by atoms with Gasteiger partial charge in [0, 0.05) is 17.1 Å². The standard InChI is InChI=1S/C10H15NO3S2/c1-2-16(13,14)7-5-8(12)10(11)9-4-3-6-15-9/h3-4,6,10H,2,5,7,11H2,1H3. The quantitative estimate of drug-likeness (QED) is 0.833. The van der Waals surface area contributed by atoms with Crippen molar-refractivity contribution >= 4 is 27.0 Å². The molecule has 0 fully saturated rings. The van der Waals surface area contributed by atoms with Crippen LogP contribution in [0.4, 0.5) is 0 Å². The number of rotatable bonds is 6. The number of Topliss-reactive ketones (excluding diaryl/α,β-unsaturated/α-hetero) is 1. The molecule has 0 saturated carbocycles. The predicted molar refractivity (Wildman–Crippen MR) is 65.2 cm³/mol. The highest BCUT2D eigenvalue weighted by molar-refractivity contribution is 7.91. The van der Waals surface area contributed by atoms with Crippen LogP contribution in [-0.4, -0.2) is 25.7 Å². The number of sulfone groups is 1. The molecule has 0 spiro atoms. The van der Waals surface area contributed by atoms with Crippen LogP contribution in [0.15, 0.2) is 17.5 Å². The lowest BCUT2D eigenvalue weighted by atomic mass is 10.1. The molecule has 0 aliphatic carbocycles. The van der Waals surface area contributed by atoms with E-state index >= 15 is 0 Å². The third-order valence-corrected chi connectivity index (χ3v) is 4.96. The van der Waals surface area contributed by atoms with Crippen molar-refractivity contribution in [1.82, 2.24) is 0 Å². The smallest absolute Gasteiger partial charge is 0.155 e. The molecular weight excluding hydrogens is 246 g/mol. The molecular formula is C10H15NO3S2. The number of hydrogen-bond acceptors (Lipinski definition) is 5. The summed E-state index contributed by atoms with van der Waals surface area (Å²) in [6.07, 6.45) is -0.00472. The van der Waals surface area contributed by atoms with Crippen molar-refractivity contribution in [2.45, 2.75) is 19.4 Å². The van der Waals surface area contributed by atoms with Gasteiger partial charge in [0.05, 0.1) is 11.8 Å². The molecule has 2 N–H and O–H groups in total. The molecule has 90 valence electrons. The minimum atomic E-state index is -3.09. The Morgan fingerprint density at radius 3 is 2.75 bits per heavy atom. The van der Waals surface area contributed by atoms with Gasteiger partial charge in [-0.2, -0.15) is 0 Å². The number of thiophene rings is 1. The fourth-order valence-corrected chi connectivity index (χ4v) is 2.73. The van der Waals surface area contributed by atoms with Gasteiger partial charge in [0.15, 0.2) is 5.78 Å². The summed E-state index contributed by atoms with van der Waals surface area (Å²) in [4.78, 5) is 12.4. The van der Waals surface area contributed by atoms with Crippen molar-refractivity contribution < 1.29 is 13.2 Å². The highest BCUT2D eigenvalue weighted by Gasteiger charge is 2.19. The number of carbonyl (C=O) groups is 1. The second-order valence-corrected chi connectivity index (χ2v) is 6.90. The molecule has 1 aromatic rings. The van der Waals surface area contributed by atoms with E-state index in [0.29, 0.717) is 0 Å². The molecule has 1 unspecified atom stereocenters. The summed E-state index contributed by atoms with van der Waals surface area (Å²) in [7, 11) is -3.09. The molecule has 1 atom stereocenters. The number of nitrogens with two attached hydrogens (primary N) is 1. The average Bonchev–Trinajstić information content (AvgIpc) is 2.78.